The molecule has 4 heteroatoms. The van der Waals surface area contributed by atoms with Crippen molar-refractivity contribution in [2.24, 2.45) is 0 Å². The molecule has 0 fully saturated rings. The highest BCUT2D eigenvalue weighted by molar-refractivity contribution is 6.08. The maximum Gasteiger partial charge on any atom is 0.261 e. The van der Waals surface area contributed by atoms with Crippen LogP contribution in [0.25, 0.3) is 11.3 Å². The van der Waals surface area contributed by atoms with Gasteiger partial charge in [-0.05, 0) is 37.3 Å². The number of rotatable bonds is 8. The van der Waals surface area contributed by atoms with Gasteiger partial charge in [0.15, 0.2) is 0 Å². The van der Waals surface area contributed by atoms with Crippen LogP contribution in [0.2, 0.25) is 0 Å². The van der Waals surface area contributed by atoms with E-state index < -0.39 is 0 Å². The maximum absolute atomic E-state index is 13.4. The molecule has 0 unspecified atom stereocenters. The molecule has 1 N–H and O–H groups in total. The molecule has 1 amide bonds. The summed E-state index contributed by atoms with van der Waals surface area (Å²) >= 11 is 0. The van der Waals surface area contributed by atoms with Crippen molar-refractivity contribution in [2.45, 2.75) is 47.0 Å². The Kier molecular flexibility index (Phi) is 7.23. The molecular formula is C26H30N2O2. The maximum atomic E-state index is 13.4. The lowest BCUT2D eigenvalue weighted by Gasteiger charge is -2.18. The summed E-state index contributed by atoms with van der Waals surface area (Å²) in [6.07, 6.45) is 2.57. The summed E-state index contributed by atoms with van der Waals surface area (Å²) < 4.78 is 6.00. The largest absolute Gasteiger partial charge is 0.493 e. The zero-order valence-corrected chi connectivity index (χ0v) is 18.3. The topological polar surface area (TPSA) is 51.2 Å². The Morgan fingerprint density at radius 2 is 1.63 bits per heavy atom. The third-order valence-electron chi connectivity index (χ3n) is 5.16. The molecule has 3 aromatic rings. The average Bonchev–Trinajstić information content (AvgIpc) is 2.77. The Balaban J connectivity index is 2.03. The molecule has 0 bridgehead atoms. The summed E-state index contributed by atoms with van der Waals surface area (Å²) in [5.41, 5.74) is 6.12. The molecule has 0 atom stereocenters. The van der Waals surface area contributed by atoms with Gasteiger partial charge in [-0.15, -0.1) is 0 Å². The number of nitrogens with zero attached hydrogens (tertiary/aromatic N) is 1. The second-order valence-electron chi connectivity index (χ2n) is 7.29. The zero-order valence-electron chi connectivity index (χ0n) is 18.3. The Morgan fingerprint density at radius 3 is 2.23 bits per heavy atom. The number of carbonyl (C=O) groups excluding carboxylic acids is 1. The van der Waals surface area contributed by atoms with Crippen molar-refractivity contribution in [1.82, 2.24) is 4.98 Å². The van der Waals surface area contributed by atoms with Crippen molar-refractivity contribution in [3.63, 3.8) is 0 Å². The van der Waals surface area contributed by atoms with Gasteiger partial charge in [-0.25, -0.2) is 0 Å². The number of aromatic nitrogens is 1. The third kappa shape index (κ3) is 4.70. The van der Waals surface area contributed by atoms with Crippen LogP contribution in [-0.4, -0.2) is 17.5 Å². The first-order valence-electron chi connectivity index (χ1n) is 10.7. The molecular weight excluding hydrogens is 372 g/mol. The summed E-state index contributed by atoms with van der Waals surface area (Å²) in [6, 6.07) is 18.0. The standard InChI is InChI=1S/C26H30N2O2/c1-5-16-30-23-17-22(21-12-9-8-10-13-21)27-18(4)24(23)26(29)28-25-19(6-2)14-11-15-20(25)7-3/h8-15,17H,5-7,16H2,1-4H3,(H,28,29). The van der Waals surface area contributed by atoms with E-state index in [4.69, 9.17) is 9.72 Å². The highest BCUT2D eigenvalue weighted by Crippen LogP contribution is 2.30. The number of hydrogen-bond donors (Lipinski definition) is 1. The van der Waals surface area contributed by atoms with Gasteiger partial charge < -0.3 is 10.1 Å². The van der Waals surface area contributed by atoms with Crippen molar-refractivity contribution in [1.29, 1.82) is 0 Å². The molecule has 1 aromatic heterocycles. The number of amides is 1. The molecule has 0 saturated heterocycles. The van der Waals surface area contributed by atoms with Crippen molar-refractivity contribution in [2.75, 3.05) is 11.9 Å². The highest BCUT2D eigenvalue weighted by Gasteiger charge is 2.21. The van der Waals surface area contributed by atoms with Gasteiger partial charge in [0.25, 0.3) is 5.91 Å². The van der Waals surface area contributed by atoms with Crippen LogP contribution in [0.5, 0.6) is 5.75 Å². The minimum absolute atomic E-state index is 0.179. The molecule has 0 aliphatic carbocycles. The number of hydrogen-bond acceptors (Lipinski definition) is 3. The lowest BCUT2D eigenvalue weighted by atomic mass is 10.0. The predicted octanol–water partition coefficient (Wildman–Crippen LogP) is 6.22. The fourth-order valence-electron chi connectivity index (χ4n) is 3.58. The minimum atomic E-state index is -0.179. The predicted molar refractivity (Wildman–Crippen MR) is 123 cm³/mol. The molecule has 1 heterocycles. The van der Waals surface area contributed by atoms with Crippen LogP contribution in [0.15, 0.2) is 54.6 Å². The fourth-order valence-corrected chi connectivity index (χ4v) is 3.58. The number of carbonyl (C=O) groups is 1. The lowest BCUT2D eigenvalue weighted by molar-refractivity contribution is 0.102. The third-order valence-corrected chi connectivity index (χ3v) is 5.16. The number of aryl methyl sites for hydroxylation is 3. The molecule has 0 aliphatic heterocycles. The van der Waals surface area contributed by atoms with Crippen LogP contribution < -0.4 is 10.1 Å². The number of anilines is 1. The molecule has 0 spiro atoms. The van der Waals surface area contributed by atoms with Crippen LogP contribution >= 0.6 is 0 Å². The monoisotopic (exact) mass is 402 g/mol. The van der Waals surface area contributed by atoms with Crippen molar-refractivity contribution >= 4 is 11.6 Å². The minimum Gasteiger partial charge on any atom is -0.493 e. The summed E-state index contributed by atoms with van der Waals surface area (Å²) in [6.45, 7) is 8.66. The molecule has 30 heavy (non-hydrogen) atoms. The van der Waals surface area contributed by atoms with Crippen LogP contribution in [-0.2, 0) is 12.8 Å². The van der Waals surface area contributed by atoms with Gasteiger partial charge >= 0.3 is 0 Å². The summed E-state index contributed by atoms with van der Waals surface area (Å²) in [4.78, 5) is 18.1. The van der Waals surface area contributed by atoms with Crippen molar-refractivity contribution in [3.8, 4) is 17.0 Å². The van der Waals surface area contributed by atoms with E-state index in [2.05, 4.69) is 38.2 Å². The normalized spacial score (nSPS) is 10.7. The van der Waals surface area contributed by atoms with E-state index >= 15 is 0 Å². The van der Waals surface area contributed by atoms with Crippen LogP contribution in [0.1, 0.15) is 54.4 Å². The van der Waals surface area contributed by atoms with E-state index in [0.29, 0.717) is 23.6 Å². The smallest absolute Gasteiger partial charge is 0.261 e. The average molecular weight is 403 g/mol. The Labute approximate surface area is 179 Å². The van der Waals surface area contributed by atoms with E-state index in [0.717, 1.165) is 47.3 Å². The van der Waals surface area contributed by atoms with Crippen LogP contribution in [0.3, 0.4) is 0 Å². The van der Waals surface area contributed by atoms with Crippen molar-refractivity contribution < 1.29 is 9.53 Å². The van der Waals surface area contributed by atoms with Crippen molar-refractivity contribution in [3.05, 3.63) is 77.0 Å². The molecule has 2 aromatic carbocycles. The van der Waals surface area contributed by atoms with Gasteiger partial charge in [-0.3, -0.25) is 9.78 Å². The van der Waals surface area contributed by atoms with Gasteiger partial charge in [-0.1, -0.05) is 69.3 Å². The van der Waals surface area contributed by atoms with Gasteiger partial charge in [0.2, 0.25) is 0 Å². The Bertz CT molecular complexity index is 991. The van der Waals surface area contributed by atoms with Crippen LogP contribution in [0.4, 0.5) is 5.69 Å². The lowest BCUT2D eigenvalue weighted by Crippen LogP contribution is -2.18. The molecule has 3 rings (SSSR count). The first kappa shape index (κ1) is 21.6. The number of para-hydroxylation sites is 1. The fraction of sp³-hybridized carbons (Fsp3) is 0.308. The molecule has 0 radical (unpaired) electrons. The quantitative estimate of drug-likeness (QED) is 0.486. The van der Waals surface area contributed by atoms with E-state index in [1.807, 2.05) is 49.4 Å². The Morgan fingerprint density at radius 1 is 0.967 bits per heavy atom. The van der Waals surface area contributed by atoms with E-state index in [9.17, 15) is 4.79 Å². The van der Waals surface area contributed by atoms with Gasteiger partial charge in [-0.2, -0.15) is 0 Å². The molecule has 4 nitrogen and oxygen atoms in total. The summed E-state index contributed by atoms with van der Waals surface area (Å²) in [5, 5.41) is 3.16. The number of benzene rings is 2. The highest BCUT2D eigenvalue weighted by atomic mass is 16.5. The molecule has 0 aliphatic rings. The number of pyridine rings is 1. The van der Waals surface area contributed by atoms with E-state index in [-0.39, 0.29) is 5.91 Å². The van der Waals surface area contributed by atoms with E-state index in [1.54, 1.807) is 0 Å². The van der Waals surface area contributed by atoms with E-state index in [1.165, 1.54) is 0 Å². The summed E-state index contributed by atoms with van der Waals surface area (Å²) in [7, 11) is 0. The first-order chi connectivity index (χ1) is 14.6. The number of ether oxygens (including phenoxy) is 1. The Hall–Kier alpha value is -3.14. The SMILES string of the molecule is CCCOc1cc(-c2ccccc2)nc(C)c1C(=O)Nc1c(CC)cccc1CC. The zero-order chi connectivity index (χ0) is 21.5. The molecule has 156 valence electrons. The number of nitrogens with one attached hydrogen (secondary N) is 1. The molecule has 0 saturated carbocycles. The van der Waals surface area contributed by atoms with Gasteiger partial charge in [0, 0.05) is 17.3 Å². The van der Waals surface area contributed by atoms with Crippen LogP contribution in [0, 0.1) is 6.92 Å². The first-order valence-corrected chi connectivity index (χ1v) is 10.7. The second kappa shape index (κ2) is 10.1. The summed E-state index contributed by atoms with van der Waals surface area (Å²) in [5.74, 6) is 0.397. The van der Waals surface area contributed by atoms with Gasteiger partial charge in [0.1, 0.15) is 11.3 Å². The second-order valence-corrected chi connectivity index (χ2v) is 7.29. The van der Waals surface area contributed by atoms with Gasteiger partial charge in [0.05, 0.1) is 18.0 Å².